The number of nitrogens with one attached hydrogen (secondary N) is 1. The maximum atomic E-state index is 10.9. The lowest BCUT2D eigenvalue weighted by Gasteiger charge is -2.31. The highest BCUT2D eigenvalue weighted by molar-refractivity contribution is 7.99. The Morgan fingerprint density at radius 2 is 2.21 bits per heavy atom. The van der Waals surface area contributed by atoms with Crippen LogP contribution in [0.4, 0.5) is 11.5 Å². The summed E-state index contributed by atoms with van der Waals surface area (Å²) in [6, 6.07) is 3.33. The van der Waals surface area contributed by atoms with Gasteiger partial charge >= 0.3 is 5.97 Å². The number of aromatic nitrogens is 1. The lowest BCUT2D eigenvalue weighted by atomic mass is 9.95. The quantitative estimate of drug-likeness (QED) is 0.785. The Balaban J connectivity index is 2.17. The van der Waals surface area contributed by atoms with Gasteiger partial charge in [0, 0.05) is 11.3 Å². The first-order chi connectivity index (χ1) is 9.11. The van der Waals surface area contributed by atoms with Crippen molar-refractivity contribution in [3.8, 4) is 0 Å². The summed E-state index contributed by atoms with van der Waals surface area (Å²) in [5.74, 6) is -0.543. The highest BCUT2D eigenvalue weighted by Crippen LogP contribution is 2.30. The fourth-order valence-corrected chi connectivity index (χ4v) is 3.36. The van der Waals surface area contributed by atoms with Crippen molar-refractivity contribution in [1.29, 1.82) is 0 Å². The smallest absolute Gasteiger partial charge is 0.354 e. The molecule has 6 heteroatoms. The van der Waals surface area contributed by atoms with Gasteiger partial charge in [-0.1, -0.05) is 12.8 Å². The molecule has 0 aromatic carbocycles. The summed E-state index contributed by atoms with van der Waals surface area (Å²) >= 11 is 1.84. The molecular weight excluding hydrogens is 262 g/mol. The number of hydrogen-bond acceptors (Lipinski definition) is 5. The van der Waals surface area contributed by atoms with E-state index in [1.807, 2.05) is 11.8 Å². The first-order valence-corrected chi connectivity index (χ1v) is 7.69. The van der Waals surface area contributed by atoms with E-state index >= 15 is 0 Å². The van der Waals surface area contributed by atoms with Crippen molar-refractivity contribution < 1.29 is 9.90 Å². The van der Waals surface area contributed by atoms with E-state index in [2.05, 4.69) is 16.6 Å². The van der Waals surface area contributed by atoms with Gasteiger partial charge in [0.05, 0.1) is 5.69 Å². The molecule has 4 N–H and O–H groups in total. The van der Waals surface area contributed by atoms with Crippen LogP contribution in [0, 0.1) is 0 Å². The number of nitrogen functional groups attached to an aromatic ring is 1. The summed E-state index contributed by atoms with van der Waals surface area (Å²) in [7, 11) is 0. The predicted molar refractivity (Wildman–Crippen MR) is 78.8 cm³/mol. The zero-order valence-corrected chi connectivity index (χ0v) is 11.7. The molecular formula is C13H19N3O2S. The van der Waals surface area contributed by atoms with Crippen LogP contribution in [0.1, 0.15) is 36.2 Å². The molecule has 0 amide bonds. The van der Waals surface area contributed by atoms with E-state index in [0.29, 0.717) is 22.8 Å². The van der Waals surface area contributed by atoms with Crippen LogP contribution in [-0.2, 0) is 0 Å². The standard InChI is InChI=1S/C13H19N3O2S/c1-19-11-5-3-2-4-9(11)15-12-8(14)6-7-10(16-12)13(17)18/h6-7,9,11H,2-5,14H2,1H3,(H,15,16)(H,17,18). The van der Waals surface area contributed by atoms with E-state index in [0.717, 1.165) is 6.42 Å². The molecule has 5 nitrogen and oxygen atoms in total. The zero-order chi connectivity index (χ0) is 13.8. The third-order valence-corrected chi connectivity index (χ3v) is 4.64. The van der Waals surface area contributed by atoms with Crippen LogP contribution in [0.2, 0.25) is 0 Å². The van der Waals surface area contributed by atoms with Crippen molar-refractivity contribution in [2.24, 2.45) is 0 Å². The monoisotopic (exact) mass is 281 g/mol. The van der Waals surface area contributed by atoms with Crippen LogP contribution in [0.5, 0.6) is 0 Å². The largest absolute Gasteiger partial charge is 0.477 e. The first kappa shape index (κ1) is 14.0. The molecule has 2 rings (SSSR count). The van der Waals surface area contributed by atoms with Crippen LogP contribution < -0.4 is 11.1 Å². The Labute approximate surface area is 117 Å². The molecule has 104 valence electrons. The van der Waals surface area contributed by atoms with Gasteiger partial charge in [0.2, 0.25) is 0 Å². The van der Waals surface area contributed by atoms with Crippen molar-refractivity contribution in [3.05, 3.63) is 17.8 Å². The molecule has 1 aromatic rings. The molecule has 0 aliphatic heterocycles. The fourth-order valence-electron chi connectivity index (χ4n) is 2.42. The molecule has 0 radical (unpaired) electrons. The van der Waals surface area contributed by atoms with Gasteiger partial charge in [-0.05, 0) is 31.2 Å². The summed E-state index contributed by atoms with van der Waals surface area (Å²) in [6.45, 7) is 0. The lowest BCUT2D eigenvalue weighted by Crippen LogP contribution is -2.35. The number of carboxylic acids is 1. The van der Waals surface area contributed by atoms with E-state index in [4.69, 9.17) is 10.8 Å². The first-order valence-electron chi connectivity index (χ1n) is 6.41. The average molecular weight is 281 g/mol. The number of carboxylic acid groups (broad SMARTS) is 1. The number of nitrogens with two attached hydrogens (primary N) is 1. The number of carbonyl (C=O) groups is 1. The van der Waals surface area contributed by atoms with Crippen LogP contribution in [0.15, 0.2) is 12.1 Å². The molecule has 0 saturated heterocycles. The van der Waals surface area contributed by atoms with E-state index in [1.54, 1.807) is 6.07 Å². The Morgan fingerprint density at radius 3 is 2.89 bits per heavy atom. The summed E-state index contributed by atoms with van der Waals surface area (Å²) in [5.41, 5.74) is 6.39. The predicted octanol–water partition coefficient (Wildman–Crippen LogP) is 2.45. The number of hydrogen-bond donors (Lipinski definition) is 3. The van der Waals surface area contributed by atoms with Crippen molar-refractivity contribution >= 4 is 29.2 Å². The highest BCUT2D eigenvalue weighted by Gasteiger charge is 2.25. The number of aromatic carboxylic acids is 1. The fraction of sp³-hybridized carbons (Fsp3) is 0.538. The van der Waals surface area contributed by atoms with Gasteiger partial charge in [0.15, 0.2) is 5.69 Å². The molecule has 0 spiro atoms. The van der Waals surface area contributed by atoms with Crippen molar-refractivity contribution in [1.82, 2.24) is 4.98 Å². The van der Waals surface area contributed by atoms with Gasteiger partial charge in [-0.25, -0.2) is 9.78 Å². The van der Waals surface area contributed by atoms with Gasteiger partial charge in [0.25, 0.3) is 0 Å². The molecule has 1 saturated carbocycles. The summed E-state index contributed by atoms with van der Waals surface area (Å²) in [6.07, 6.45) is 6.80. The van der Waals surface area contributed by atoms with Gasteiger partial charge in [-0.3, -0.25) is 0 Å². The molecule has 2 atom stereocenters. The minimum atomic E-state index is -1.03. The van der Waals surface area contributed by atoms with E-state index in [9.17, 15) is 4.79 Å². The zero-order valence-electron chi connectivity index (χ0n) is 10.9. The topological polar surface area (TPSA) is 88.2 Å². The molecule has 2 unspecified atom stereocenters. The van der Waals surface area contributed by atoms with Crippen molar-refractivity contribution in [2.75, 3.05) is 17.3 Å². The second kappa shape index (κ2) is 6.14. The number of nitrogens with zero attached hydrogens (tertiary/aromatic N) is 1. The second-order valence-corrected chi connectivity index (χ2v) is 5.83. The number of anilines is 2. The summed E-state index contributed by atoms with van der Waals surface area (Å²) in [5, 5.41) is 12.8. The molecule has 19 heavy (non-hydrogen) atoms. The van der Waals surface area contributed by atoms with Crippen LogP contribution in [-0.4, -0.2) is 33.6 Å². The van der Waals surface area contributed by atoms with Gasteiger partial charge in [-0.2, -0.15) is 11.8 Å². The van der Waals surface area contributed by atoms with Crippen LogP contribution in [0.25, 0.3) is 0 Å². The molecule has 0 bridgehead atoms. The lowest BCUT2D eigenvalue weighted by molar-refractivity contribution is 0.0690. The van der Waals surface area contributed by atoms with Gasteiger partial charge < -0.3 is 16.2 Å². The number of pyridine rings is 1. The number of rotatable bonds is 4. The van der Waals surface area contributed by atoms with E-state index in [-0.39, 0.29) is 5.69 Å². The maximum absolute atomic E-state index is 10.9. The van der Waals surface area contributed by atoms with Gasteiger partial charge in [0.1, 0.15) is 5.82 Å². The minimum Gasteiger partial charge on any atom is -0.477 e. The third-order valence-electron chi connectivity index (χ3n) is 3.47. The second-order valence-electron chi connectivity index (χ2n) is 4.75. The van der Waals surface area contributed by atoms with Gasteiger partial charge in [-0.15, -0.1) is 0 Å². The van der Waals surface area contributed by atoms with E-state index in [1.165, 1.54) is 25.3 Å². The summed E-state index contributed by atoms with van der Waals surface area (Å²) < 4.78 is 0. The normalized spacial score (nSPS) is 23.0. The van der Waals surface area contributed by atoms with Crippen LogP contribution >= 0.6 is 11.8 Å². The number of thioether (sulfide) groups is 1. The Kier molecular flexibility index (Phi) is 4.52. The third kappa shape index (κ3) is 3.32. The summed E-state index contributed by atoms with van der Waals surface area (Å²) in [4.78, 5) is 15.0. The minimum absolute atomic E-state index is 0.0215. The average Bonchev–Trinajstić information content (AvgIpc) is 2.41. The van der Waals surface area contributed by atoms with E-state index < -0.39 is 5.97 Å². The SMILES string of the molecule is CSC1CCCCC1Nc1nc(C(=O)O)ccc1N. The van der Waals surface area contributed by atoms with Crippen molar-refractivity contribution in [2.45, 2.75) is 37.0 Å². The van der Waals surface area contributed by atoms with Crippen LogP contribution in [0.3, 0.4) is 0 Å². The molecule has 1 aliphatic rings. The molecule has 1 fully saturated rings. The Bertz CT molecular complexity index is 467. The van der Waals surface area contributed by atoms with Crippen molar-refractivity contribution in [3.63, 3.8) is 0 Å². The maximum Gasteiger partial charge on any atom is 0.354 e. The Hall–Kier alpha value is -1.43. The molecule has 1 heterocycles. The highest BCUT2D eigenvalue weighted by atomic mass is 32.2. The Morgan fingerprint density at radius 1 is 1.47 bits per heavy atom. The molecule has 1 aliphatic carbocycles. The molecule has 1 aromatic heterocycles.